The van der Waals surface area contributed by atoms with Gasteiger partial charge in [0.1, 0.15) is 11.5 Å². The lowest BCUT2D eigenvalue weighted by Gasteiger charge is -2.08. The molecule has 4 nitrogen and oxygen atoms in total. The van der Waals surface area contributed by atoms with E-state index >= 15 is 0 Å². The summed E-state index contributed by atoms with van der Waals surface area (Å²) in [5, 5.41) is 2.84. The van der Waals surface area contributed by atoms with Crippen LogP contribution in [0, 0.1) is 5.92 Å². The summed E-state index contributed by atoms with van der Waals surface area (Å²) in [6.07, 6.45) is 2.13. The third-order valence-electron chi connectivity index (χ3n) is 2.71. The summed E-state index contributed by atoms with van der Waals surface area (Å²) in [6.45, 7) is 5.11. The fraction of sp³-hybridized carbons (Fsp3) is 0.533. The highest BCUT2D eigenvalue weighted by Gasteiger charge is 2.02. The van der Waals surface area contributed by atoms with Crippen molar-refractivity contribution >= 4 is 5.91 Å². The van der Waals surface area contributed by atoms with Gasteiger partial charge in [0, 0.05) is 6.54 Å². The van der Waals surface area contributed by atoms with Gasteiger partial charge in [-0.15, -0.1) is 0 Å². The highest BCUT2D eigenvalue weighted by atomic mass is 16.5. The Labute approximate surface area is 115 Å². The monoisotopic (exact) mass is 265 g/mol. The second kappa shape index (κ2) is 8.40. The molecule has 1 N–H and O–H groups in total. The zero-order chi connectivity index (χ0) is 14.1. The second-order valence-corrected chi connectivity index (χ2v) is 4.85. The molecule has 1 aromatic rings. The molecule has 0 aliphatic carbocycles. The molecule has 1 rings (SSSR count). The molecule has 0 aromatic heterocycles. The first-order valence-electron chi connectivity index (χ1n) is 6.65. The minimum absolute atomic E-state index is 0.0496. The van der Waals surface area contributed by atoms with Crippen molar-refractivity contribution in [1.82, 2.24) is 5.32 Å². The van der Waals surface area contributed by atoms with E-state index in [2.05, 4.69) is 19.2 Å². The molecule has 19 heavy (non-hydrogen) atoms. The van der Waals surface area contributed by atoms with E-state index in [9.17, 15) is 4.79 Å². The van der Waals surface area contributed by atoms with Crippen LogP contribution in [0.1, 0.15) is 26.7 Å². The van der Waals surface area contributed by atoms with Crippen molar-refractivity contribution in [3.05, 3.63) is 24.3 Å². The van der Waals surface area contributed by atoms with E-state index in [0.717, 1.165) is 18.6 Å². The number of carbonyl (C=O) groups is 1. The van der Waals surface area contributed by atoms with Gasteiger partial charge in [-0.05, 0) is 43.0 Å². The standard InChI is InChI=1S/C15H23NO3/c1-12(2)5-4-10-16-15(17)11-19-14-8-6-13(18-3)7-9-14/h6-9,12H,4-5,10-11H2,1-3H3,(H,16,17). The molecule has 0 aliphatic rings. The molecule has 0 atom stereocenters. The number of methoxy groups -OCH3 is 1. The SMILES string of the molecule is COc1ccc(OCC(=O)NCCCC(C)C)cc1. The first-order valence-corrected chi connectivity index (χ1v) is 6.65. The van der Waals surface area contributed by atoms with Crippen LogP contribution in [0.2, 0.25) is 0 Å². The molecule has 0 unspecified atom stereocenters. The van der Waals surface area contributed by atoms with E-state index in [1.807, 2.05) is 0 Å². The molecule has 0 bridgehead atoms. The number of nitrogens with one attached hydrogen (secondary N) is 1. The van der Waals surface area contributed by atoms with E-state index in [1.165, 1.54) is 0 Å². The number of hydrogen-bond donors (Lipinski definition) is 1. The predicted octanol–water partition coefficient (Wildman–Crippen LogP) is 2.63. The van der Waals surface area contributed by atoms with Crippen LogP contribution in [0.4, 0.5) is 0 Å². The molecular formula is C15H23NO3. The highest BCUT2D eigenvalue weighted by Crippen LogP contribution is 2.16. The van der Waals surface area contributed by atoms with Gasteiger partial charge < -0.3 is 14.8 Å². The Hall–Kier alpha value is -1.71. The minimum atomic E-state index is -0.0837. The summed E-state index contributed by atoms with van der Waals surface area (Å²) in [6, 6.07) is 7.17. The Morgan fingerprint density at radius 1 is 1.21 bits per heavy atom. The molecule has 106 valence electrons. The van der Waals surface area contributed by atoms with Crippen LogP contribution in [-0.4, -0.2) is 26.2 Å². The Kier molecular flexibility index (Phi) is 6.79. The Morgan fingerprint density at radius 3 is 2.42 bits per heavy atom. The van der Waals surface area contributed by atoms with Gasteiger partial charge in [0.25, 0.3) is 5.91 Å². The number of hydrogen-bond acceptors (Lipinski definition) is 3. The largest absolute Gasteiger partial charge is 0.497 e. The van der Waals surface area contributed by atoms with Gasteiger partial charge in [0.05, 0.1) is 7.11 Å². The van der Waals surface area contributed by atoms with Crippen LogP contribution >= 0.6 is 0 Å². The van der Waals surface area contributed by atoms with Gasteiger partial charge in [0.15, 0.2) is 6.61 Å². The maximum atomic E-state index is 11.5. The summed E-state index contributed by atoms with van der Waals surface area (Å²) in [5.74, 6) is 2.02. The van der Waals surface area contributed by atoms with Crippen molar-refractivity contribution in [2.45, 2.75) is 26.7 Å². The van der Waals surface area contributed by atoms with Crippen molar-refractivity contribution in [3.8, 4) is 11.5 Å². The Morgan fingerprint density at radius 2 is 1.84 bits per heavy atom. The topological polar surface area (TPSA) is 47.6 Å². The summed E-state index contributed by atoms with van der Waals surface area (Å²) >= 11 is 0. The van der Waals surface area contributed by atoms with E-state index in [1.54, 1.807) is 31.4 Å². The number of amides is 1. The number of benzene rings is 1. The number of ether oxygens (including phenoxy) is 2. The van der Waals surface area contributed by atoms with Gasteiger partial charge in [-0.1, -0.05) is 13.8 Å². The Balaban J connectivity index is 2.18. The van der Waals surface area contributed by atoms with E-state index in [4.69, 9.17) is 9.47 Å². The average molecular weight is 265 g/mol. The average Bonchev–Trinajstić information content (AvgIpc) is 2.41. The third-order valence-corrected chi connectivity index (χ3v) is 2.71. The zero-order valence-corrected chi connectivity index (χ0v) is 11.9. The minimum Gasteiger partial charge on any atom is -0.497 e. The van der Waals surface area contributed by atoms with Crippen LogP contribution in [0.3, 0.4) is 0 Å². The van der Waals surface area contributed by atoms with E-state index in [0.29, 0.717) is 18.2 Å². The fourth-order valence-corrected chi connectivity index (χ4v) is 1.61. The van der Waals surface area contributed by atoms with E-state index < -0.39 is 0 Å². The lowest BCUT2D eigenvalue weighted by atomic mass is 10.1. The molecule has 0 spiro atoms. The van der Waals surface area contributed by atoms with Crippen LogP contribution in [0.5, 0.6) is 11.5 Å². The summed E-state index contributed by atoms with van der Waals surface area (Å²) in [5.41, 5.74) is 0. The first kappa shape index (κ1) is 15.3. The summed E-state index contributed by atoms with van der Waals surface area (Å²) < 4.78 is 10.4. The van der Waals surface area contributed by atoms with Crippen molar-refractivity contribution in [3.63, 3.8) is 0 Å². The number of carbonyl (C=O) groups excluding carboxylic acids is 1. The smallest absolute Gasteiger partial charge is 0.257 e. The summed E-state index contributed by atoms with van der Waals surface area (Å²) in [7, 11) is 1.61. The third kappa shape index (κ3) is 6.70. The van der Waals surface area contributed by atoms with E-state index in [-0.39, 0.29) is 12.5 Å². The molecule has 1 amide bonds. The van der Waals surface area contributed by atoms with Crippen LogP contribution in [0.15, 0.2) is 24.3 Å². The predicted molar refractivity (Wildman–Crippen MR) is 75.6 cm³/mol. The maximum Gasteiger partial charge on any atom is 0.257 e. The van der Waals surface area contributed by atoms with Crippen molar-refractivity contribution in [1.29, 1.82) is 0 Å². The number of rotatable bonds is 8. The second-order valence-electron chi connectivity index (χ2n) is 4.85. The van der Waals surface area contributed by atoms with Crippen molar-refractivity contribution in [2.24, 2.45) is 5.92 Å². The van der Waals surface area contributed by atoms with Gasteiger partial charge in [-0.25, -0.2) is 0 Å². The van der Waals surface area contributed by atoms with Gasteiger partial charge in [-0.2, -0.15) is 0 Å². The van der Waals surface area contributed by atoms with Gasteiger partial charge in [0.2, 0.25) is 0 Å². The molecule has 0 radical (unpaired) electrons. The van der Waals surface area contributed by atoms with Crippen LogP contribution in [-0.2, 0) is 4.79 Å². The zero-order valence-electron chi connectivity index (χ0n) is 11.9. The molecular weight excluding hydrogens is 242 g/mol. The molecule has 0 saturated carbocycles. The molecule has 0 fully saturated rings. The molecule has 0 aliphatic heterocycles. The Bertz CT molecular complexity index is 373. The van der Waals surface area contributed by atoms with Crippen molar-refractivity contribution < 1.29 is 14.3 Å². The van der Waals surface area contributed by atoms with Gasteiger partial charge >= 0.3 is 0 Å². The molecule has 4 heteroatoms. The maximum absolute atomic E-state index is 11.5. The summed E-state index contributed by atoms with van der Waals surface area (Å²) in [4.78, 5) is 11.5. The quantitative estimate of drug-likeness (QED) is 0.735. The normalized spacial score (nSPS) is 10.3. The van der Waals surface area contributed by atoms with Crippen LogP contribution in [0.25, 0.3) is 0 Å². The van der Waals surface area contributed by atoms with Crippen molar-refractivity contribution in [2.75, 3.05) is 20.3 Å². The fourth-order valence-electron chi connectivity index (χ4n) is 1.61. The van der Waals surface area contributed by atoms with Crippen LogP contribution < -0.4 is 14.8 Å². The van der Waals surface area contributed by atoms with Gasteiger partial charge in [-0.3, -0.25) is 4.79 Å². The molecule has 0 saturated heterocycles. The molecule has 0 heterocycles. The first-order chi connectivity index (χ1) is 9.11. The highest BCUT2D eigenvalue weighted by molar-refractivity contribution is 5.77. The molecule has 1 aromatic carbocycles. The lowest BCUT2D eigenvalue weighted by Crippen LogP contribution is -2.29. The lowest BCUT2D eigenvalue weighted by molar-refractivity contribution is -0.123.